The number of carbonyl (C=O) groups is 1. The van der Waals surface area contributed by atoms with Crippen LogP contribution in [-0.4, -0.2) is 47.3 Å². The molecule has 0 unspecified atom stereocenters. The standard InChI is InChI=1S/C34H30N4O/c39-23-32-34(29-8-3-4-9-31(29)36-32)25-14-12-24(13-15-25)27-7-2-1-6-26(27)22-37-18-20-38(21-19-37)33-11-5-10-30-28(33)16-17-35-30/h1-17,23,35-36H,18-22H2. The number of aldehydes is 1. The van der Waals surface area contributed by atoms with Gasteiger partial charge in [0.2, 0.25) is 0 Å². The molecule has 0 saturated carbocycles. The summed E-state index contributed by atoms with van der Waals surface area (Å²) in [7, 11) is 0. The zero-order valence-corrected chi connectivity index (χ0v) is 21.7. The van der Waals surface area contributed by atoms with Crippen LogP contribution in [0.4, 0.5) is 5.69 Å². The van der Waals surface area contributed by atoms with Gasteiger partial charge in [0.15, 0.2) is 6.29 Å². The molecule has 0 bridgehead atoms. The van der Waals surface area contributed by atoms with E-state index in [1.165, 1.54) is 33.3 Å². The van der Waals surface area contributed by atoms with Crippen LogP contribution >= 0.6 is 0 Å². The predicted octanol–water partition coefficient (Wildman–Crippen LogP) is 7.12. The van der Waals surface area contributed by atoms with Gasteiger partial charge in [-0.05, 0) is 46.5 Å². The maximum absolute atomic E-state index is 11.8. The Morgan fingerprint density at radius 2 is 1.44 bits per heavy atom. The fourth-order valence-electron chi connectivity index (χ4n) is 6.05. The van der Waals surface area contributed by atoms with Crippen molar-refractivity contribution in [2.45, 2.75) is 6.54 Å². The summed E-state index contributed by atoms with van der Waals surface area (Å²) < 4.78 is 0. The number of hydrogen-bond donors (Lipinski definition) is 2. The molecule has 192 valence electrons. The molecule has 1 fully saturated rings. The molecule has 5 nitrogen and oxygen atoms in total. The molecule has 1 aliphatic heterocycles. The number of carbonyl (C=O) groups excluding carboxylic acids is 1. The van der Waals surface area contributed by atoms with Gasteiger partial charge in [-0.25, -0.2) is 0 Å². The number of aromatic nitrogens is 2. The third-order valence-corrected chi connectivity index (χ3v) is 8.03. The molecule has 1 saturated heterocycles. The minimum Gasteiger partial charge on any atom is -0.368 e. The highest BCUT2D eigenvalue weighted by molar-refractivity contribution is 6.04. The van der Waals surface area contributed by atoms with Crippen molar-refractivity contribution in [1.29, 1.82) is 0 Å². The topological polar surface area (TPSA) is 55.1 Å². The number of benzene rings is 4. The first-order chi connectivity index (χ1) is 19.3. The number of nitrogens with zero attached hydrogens (tertiary/aromatic N) is 2. The smallest absolute Gasteiger partial charge is 0.166 e. The zero-order valence-electron chi connectivity index (χ0n) is 21.7. The summed E-state index contributed by atoms with van der Waals surface area (Å²) in [5.74, 6) is 0. The highest BCUT2D eigenvalue weighted by Gasteiger charge is 2.20. The second kappa shape index (κ2) is 9.93. The highest BCUT2D eigenvalue weighted by Crippen LogP contribution is 2.34. The van der Waals surface area contributed by atoms with Crippen molar-refractivity contribution in [3.63, 3.8) is 0 Å². The Labute approximate surface area is 227 Å². The van der Waals surface area contributed by atoms with E-state index < -0.39 is 0 Å². The molecule has 5 heteroatoms. The minimum absolute atomic E-state index is 0.622. The van der Waals surface area contributed by atoms with E-state index in [1.54, 1.807) is 0 Å². The molecule has 3 heterocycles. The average molecular weight is 511 g/mol. The summed E-state index contributed by atoms with van der Waals surface area (Å²) in [5, 5.41) is 2.37. The lowest BCUT2D eigenvalue weighted by Gasteiger charge is -2.36. The van der Waals surface area contributed by atoms with Gasteiger partial charge in [0.1, 0.15) is 0 Å². The molecule has 1 aliphatic rings. The maximum Gasteiger partial charge on any atom is 0.166 e. The van der Waals surface area contributed by atoms with Crippen LogP contribution in [0.25, 0.3) is 44.1 Å². The van der Waals surface area contributed by atoms with Crippen molar-refractivity contribution >= 4 is 33.8 Å². The average Bonchev–Trinajstić information content (AvgIpc) is 3.63. The van der Waals surface area contributed by atoms with Gasteiger partial charge < -0.3 is 14.9 Å². The number of piperazine rings is 1. The Balaban J connectivity index is 1.10. The van der Waals surface area contributed by atoms with Crippen LogP contribution in [0.3, 0.4) is 0 Å². The molecule has 7 rings (SSSR count). The lowest BCUT2D eigenvalue weighted by atomic mass is 9.95. The van der Waals surface area contributed by atoms with Crippen LogP contribution < -0.4 is 4.90 Å². The van der Waals surface area contributed by atoms with Crippen LogP contribution in [-0.2, 0) is 6.54 Å². The Hall–Kier alpha value is -4.61. The van der Waals surface area contributed by atoms with E-state index in [-0.39, 0.29) is 0 Å². The summed E-state index contributed by atoms with van der Waals surface area (Å²) in [6.45, 7) is 5.03. The van der Waals surface area contributed by atoms with E-state index in [0.717, 1.165) is 61.0 Å². The summed E-state index contributed by atoms with van der Waals surface area (Å²) in [5.41, 5.74) is 9.93. The van der Waals surface area contributed by atoms with Gasteiger partial charge in [0, 0.05) is 72.0 Å². The normalized spacial score (nSPS) is 14.3. The van der Waals surface area contributed by atoms with Crippen molar-refractivity contribution in [1.82, 2.24) is 14.9 Å². The number of fused-ring (bicyclic) bond motifs is 2. The largest absolute Gasteiger partial charge is 0.368 e. The van der Waals surface area contributed by atoms with Crippen LogP contribution in [0, 0.1) is 0 Å². The van der Waals surface area contributed by atoms with Crippen LogP contribution in [0.2, 0.25) is 0 Å². The number of nitrogens with one attached hydrogen (secondary N) is 2. The van der Waals surface area contributed by atoms with Crippen molar-refractivity contribution in [3.05, 3.63) is 115 Å². The first-order valence-electron chi connectivity index (χ1n) is 13.6. The fraction of sp³-hybridized carbons (Fsp3) is 0.147. The van der Waals surface area contributed by atoms with Gasteiger partial charge in [0.25, 0.3) is 0 Å². The monoisotopic (exact) mass is 510 g/mol. The summed E-state index contributed by atoms with van der Waals surface area (Å²) >= 11 is 0. The van der Waals surface area contributed by atoms with Crippen molar-refractivity contribution in [2.24, 2.45) is 0 Å². The Kier molecular flexibility index (Phi) is 5.99. The third kappa shape index (κ3) is 4.31. The summed E-state index contributed by atoms with van der Waals surface area (Å²) in [4.78, 5) is 23.5. The molecule has 2 N–H and O–H groups in total. The van der Waals surface area contributed by atoms with E-state index >= 15 is 0 Å². The molecular formula is C34H30N4O. The van der Waals surface area contributed by atoms with Gasteiger partial charge in [-0.3, -0.25) is 9.69 Å². The first-order valence-corrected chi connectivity index (χ1v) is 13.6. The van der Waals surface area contributed by atoms with Gasteiger partial charge in [-0.1, -0.05) is 72.8 Å². The molecule has 39 heavy (non-hydrogen) atoms. The van der Waals surface area contributed by atoms with Crippen LogP contribution in [0.5, 0.6) is 0 Å². The molecule has 0 aliphatic carbocycles. The van der Waals surface area contributed by atoms with E-state index in [4.69, 9.17) is 0 Å². The molecule has 0 radical (unpaired) electrons. The number of aromatic amines is 2. The quantitative estimate of drug-likeness (QED) is 0.235. The minimum atomic E-state index is 0.622. The molecule has 0 atom stereocenters. The zero-order chi connectivity index (χ0) is 26.2. The van der Waals surface area contributed by atoms with Gasteiger partial charge in [-0.2, -0.15) is 0 Å². The molecular weight excluding hydrogens is 480 g/mol. The second-order valence-corrected chi connectivity index (χ2v) is 10.3. The predicted molar refractivity (Wildman–Crippen MR) is 160 cm³/mol. The Morgan fingerprint density at radius 1 is 0.692 bits per heavy atom. The Bertz CT molecular complexity index is 1770. The third-order valence-electron chi connectivity index (χ3n) is 8.03. The van der Waals surface area contributed by atoms with Crippen molar-refractivity contribution in [3.8, 4) is 22.3 Å². The number of H-pyrrole nitrogens is 2. The molecule has 6 aromatic rings. The van der Waals surface area contributed by atoms with E-state index in [2.05, 4.69) is 98.6 Å². The number of anilines is 1. The lowest BCUT2D eigenvalue weighted by molar-refractivity contribution is 0.112. The first kappa shape index (κ1) is 23.5. The molecule has 0 spiro atoms. The molecule has 0 amide bonds. The number of para-hydroxylation sites is 1. The SMILES string of the molecule is O=Cc1[nH]c2ccccc2c1-c1ccc(-c2ccccc2CN2CCN(c3cccc4[nH]ccc34)CC2)cc1. The van der Waals surface area contributed by atoms with Gasteiger partial charge in [0.05, 0.1) is 5.69 Å². The van der Waals surface area contributed by atoms with Gasteiger partial charge >= 0.3 is 0 Å². The molecule has 2 aromatic heterocycles. The van der Waals surface area contributed by atoms with E-state index in [1.807, 2.05) is 24.4 Å². The lowest BCUT2D eigenvalue weighted by Crippen LogP contribution is -2.46. The fourth-order valence-corrected chi connectivity index (χ4v) is 6.05. The maximum atomic E-state index is 11.8. The number of rotatable bonds is 6. The van der Waals surface area contributed by atoms with Crippen LogP contribution in [0.1, 0.15) is 16.1 Å². The molecule has 4 aromatic carbocycles. The van der Waals surface area contributed by atoms with Crippen molar-refractivity contribution < 1.29 is 4.79 Å². The Morgan fingerprint density at radius 3 is 2.28 bits per heavy atom. The summed E-state index contributed by atoms with van der Waals surface area (Å²) in [6.07, 6.45) is 2.94. The number of hydrogen-bond acceptors (Lipinski definition) is 3. The summed E-state index contributed by atoms with van der Waals surface area (Å²) in [6, 6.07) is 34.1. The van der Waals surface area contributed by atoms with Crippen molar-refractivity contribution in [2.75, 3.05) is 31.1 Å². The van der Waals surface area contributed by atoms with Crippen LogP contribution in [0.15, 0.2) is 103 Å². The van der Waals surface area contributed by atoms with E-state index in [0.29, 0.717) is 5.69 Å². The van der Waals surface area contributed by atoms with E-state index in [9.17, 15) is 4.79 Å². The second-order valence-electron chi connectivity index (χ2n) is 10.3. The van der Waals surface area contributed by atoms with Gasteiger partial charge in [-0.15, -0.1) is 0 Å². The highest BCUT2D eigenvalue weighted by atomic mass is 16.1.